The van der Waals surface area contributed by atoms with Crippen molar-refractivity contribution in [3.8, 4) is 0 Å². The first-order valence-corrected chi connectivity index (χ1v) is 6.05. The Morgan fingerprint density at radius 2 is 2.25 bits per heavy atom. The lowest BCUT2D eigenvalue weighted by atomic mass is 10.1. The molecule has 1 atom stereocenters. The van der Waals surface area contributed by atoms with Crippen LogP contribution in [-0.2, 0) is 11.3 Å². The minimum absolute atomic E-state index is 0.112. The van der Waals surface area contributed by atoms with Crippen LogP contribution in [0.3, 0.4) is 0 Å². The van der Waals surface area contributed by atoms with Crippen molar-refractivity contribution in [1.29, 1.82) is 0 Å². The summed E-state index contributed by atoms with van der Waals surface area (Å²) in [5.74, 6) is -0.271. The average molecular weight is 285 g/mol. The summed E-state index contributed by atoms with van der Waals surface area (Å²) < 4.78 is 1.11. The fourth-order valence-corrected chi connectivity index (χ4v) is 1.73. The summed E-state index contributed by atoms with van der Waals surface area (Å²) in [6, 6.07) is 6.32. The number of aryl methyl sites for hydroxylation is 1. The minimum atomic E-state index is -0.271. The third kappa shape index (κ3) is 4.33. The van der Waals surface area contributed by atoms with Gasteiger partial charge in [0, 0.05) is 23.5 Å². The molecular formula is C12H17BrN2O. The standard InChI is InChI=1S/C12H17BrN2O/c1-8-5-10(3-4-11(8)13)7-15-9(2)6-12(14)16/h3-5,9,15H,6-7H2,1-2H3,(H2,14,16). The molecule has 0 aliphatic rings. The zero-order chi connectivity index (χ0) is 12.1. The Kier molecular flexibility index (Phi) is 4.96. The van der Waals surface area contributed by atoms with Crippen LogP contribution < -0.4 is 11.1 Å². The highest BCUT2D eigenvalue weighted by Crippen LogP contribution is 2.17. The van der Waals surface area contributed by atoms with Crippen LogP contribution in [0.2, 0.25) is 0 Å². The highest BCUT2D eigenvalue weighted by molar-refractivity contribution is 9.10. The van der Waals surface area contributed by atoms with Crippen LogP contribution in [0.4, 0.5) is 0 Å². The number of benzene rings is 1. The molecule has 3 N–H and O–H groups in total. The van der Waals surface area contributed by atoms with Crippen molar-refractivity contribution in [1.82, 2.24) is 5.32 Å². The van der Waals surface area contributed by atoms with Gasteiger partial charge >= 0.3 is 0 Å². The molecule has 1 unspecified atom stereocenters. The lowest BCUT2D eigenvalue weighted by Gasteiger charge is -2.12. The molecule has 0 heterocycles. The number of halogens is 1. The van der Waals surface area contributed by atoms with Gasteiger partial charge in [-0.15, -0.1) is 0 Å². The molecule has 0 spiro atoms. The summed E-state index contributed by atoms with van der Waals surface area (Å²) in [6.45, 7) is 4.76. The van der Waals surface area contributed by atoms with E-state index in [1.165, 1.54) is 11.1 Å². The largest absolute Gasteiger partial charge is 0.370 e. The van der Waals surface area contributed by atoms with Crippen LogP contribution in [-0.4, -0.2) is 11.9 Å². The maximum absolute atomic E-state index is 10.7. The predicted molar refractivity (Wildman–Crippen MR) is 69.0 cm³/mol. The van der Waals surface area contributed by atoms with Gasteiger partial charge in [0.25, 0.3) is 0 Å². The van der Waals surface area contributed by atoms with Gasteiger partial charge in [-0.25, -0.2) is 0 Å². The maximum Gasteiger partial charge on any atom is 0.218 e. The van der Waals surface area contributed by atoms with Crippen LogP contribution in [0, 0.1) is 6.92 Å². The summed E-state index contributed by atoms with van der Waals surface area (Å²) in [6.07, 6.45) is 0.371. The Labute approximate surface area is 105 Å². The van der Waals surface area contributed by atoms with E-state index in [9.17, 15) is 4.79 Å². The highest BCUT2D eigenvalue weighted by Gasteiger charge is 2.05. The Hall–Kier alpha value is -0.870. The highest BCUT2D eigenvalue weighted by atomic mass is 79.9. The van der Waals surface area contributed by atoms with Gasteiger partial charge in [0.15, 0.2) is 0 Å². The number of hydrogen-bond donors (Lipinski definition) is 2. The third-order valence-corrected chi connectivity index (χ3v) is 3.27. The maximum atomic E-state index is 10.7. The van der Waals surface area contributed by atoms with Gasteiger partial charge in [-0.2, -0.15) is 0 Å². The summed E-state index contributed by atoms with van der Waals surface area (Å²) in [7, 11) is 0. The first kappa shape index (κ1) is 13.2. The molecule has 0 fully saturated rings. The van der Waals surface area contributed by atoms with Gasteiger partial charge in [-0.05, 0) is 31.0 Å². The molecule has 0 aliphatic heterocycles. The van der Waals surface area contributed by atoms with Gasteiger partial charge < -0.3 is 11.1 Å². The first-order chi connectivity index (χ1) is 7.49. The number of rotatable bonds is 5. The topological polar surface area (TPSA) is 55.1 Å². The number of carbonyl (C=O) groups excluding carboxylic acids is 1. The van der Waals surface area contributed by atoms with E-state index in [4.69, 9.17) is 5.73 Å². The fourth-order valence-electron chi connectivity index (χ4n) is 1.48. The molecule has 4 heteroatoms. The predicted octanol–water partition coefficient (Wildman–Crippen LogP) is 2.11. The smallest absolute Gasteiger partial charge is 0.218 e. The molecular weight excluding hydrogens is 268 g/mol. The van der Waals surface area contributed by atoms with Crippen LogP contribution in [0.15, 0.2) is 22.7 Å². The van der Waals surface area contributed by atoms with E-state index in [-0.39, 0.29) is 11.9 Å². The quantitative estimate of drug-likeness (QED) is 0.870. The molecule has 1 aromatic rings. The third-order valence-electron chi connectivity index (χ3n) is 2.38. The van der Waals surface area contributed by atoms with Crippen molar-refractivity contribution >= 4 is 21.8 Å². The minimum Gasteiger partial charge on any atom is -0.370 e. The van der Waals surface area contributed by atoms with Gasteiger partial charge in [0.05, 0.1) is 0 Å². The number of carbonyl (C=O) groups is 1. The molecule has 3 nitrogen and oxygen atoms in total. The molecule has 1 rings (SSSR count). The van der Waals surface area contributed by atoms with Gasteiger partial charge in [0.2, 0.25) is 5.91 Å². The van der Waals surface area contributed by atoms with E-state index in [1.807, 2.05) is 13.0 Å². The van der Waals surface area contributed by atoms with E-state index in [2.05, 4.69) is 40.3 Å². The second-order valence-electron chi connectivity index (χ2n) is 4.04. The molecule has 0 saturated heterocycles. The van der Waals surface area contributed by atoms with Crippen molar-refractivity contribution in [3.05, 3.63) is 33.8 Å². The van der Waals surface area contributed by atoms with E-state index in [1.54, 1.807) is 0 Å². The molecule has 1 aromatic carbocycles. The molecule has 88 valence electrons. The van der Waals surface area contributed by atoms with Gasteiger partial charge in [-0.3, -0.25) is 4.79 Å². The van der Waals surface area contributed by atoms with Crippen molar-refractivity contribution in [3.63, 3.8) is 0 Å². The zero-order valence-corrected chi connectivity index (χ0v) is 11.2. The fraction of sp³-hybridized carbons (Fsp3) is 0.417. The van der Waals surface area contributed by atoms with E-state index < -0.39 is 0 Å². The second-order valence-corrected chi connectivity index (χ2v) is 4.89. The first-order valence-electron chi connectivity index (χ1n) is 5.25. The summed E-state index contributed by atoms with van der Waals surface area (Å²) in [5.41, 5.74) is 7.54. The Balaban J connectivity index is 2.48. The van der Waals surface area contributed by atoms with Gasteiger partial charge in [0.1, 0.15) is 0 Å². The Bertz CT molecular complexity index is 379. The summed E-state index contributed by atoms with van der Waals surface area (Å²) >= 11 is 3.46. The Morgan fingerprint density at radius 1 is 1.56 bits per heavy atom. The number of nitrogens with one attached hydrogen (secondary N) is 1. The molecule has 0 aromatic heterocycles. The van der Waals surface area contributed by atoms with Crippen molar-refractivity contribution in [2.75, 3.05) is 0 Å². The van der Waals surface area contributed by atoms with Crippen LogP contribution in [0.25, 0.3) is 0 Å². The molecule has 0 saturated carbocycles. The normalized spacial score (nSPS) is 12.4. The van der Waals surface area contributed by atoms with Crippen molar-refractivity contribution < 1.29 is 4.79 Å². The Morgan fingerprint density at radius 3 is 2.81 bits per heavy atom. The summed E-state index contributed by atoms with van der Waals surface area (Å²) in [4.78, 5) is 10.7. The monoisotopic (exact) mass is 284 g/mol. The van der Waals surface area contributed by atoms with E-state index in [0.717, 1.165) is 11.0 Å². The van der Waals surface area contributed by atoms with Gasteiger partial charge in [-0.1, -0.05) is 28.1 Å². The van der Waals surface area contributed by atoms with Crippen LogP contribution in [0.1, 0.15) is 24.5 Å². The molecule has 0 aliphatic carbocycles. The lowest BCUT2D eigenvalue weighted by molar-refractivity contribution is -0.118. The number of amides is 1. The second kappa shape index (κ2) is 6.01. The molecule has 0 bridgehead atoms. The molecule has 0 radical (unpaired) electrons. The lowest BCUT2D eigenvalue weighted by Crippen LogP contribution is -2.30. The number of hydrogen-bond acceptors (Lipinski definition) is 2. The SMILES string of the molecule is Cc1cc(CNC(C)CC(N)=O)ccc1Br. The number of nitrogens with two attached hydrogens (primary N) is 1. The van der Waals surface area contributed by atoms with E-state index >= 15 is 0 Å². The van der Waals surface area contributed by atoms with E-state index in [0.29, 0.717) is 6.42 Å². The molecule has 1 amide bonds. The summed E-state index contributed by atoms with van der Waals surface area (Å²) in [5, 5.41) is 3.26. The average Bonchev–Trinajstić information content (AvgIpc) is 2.19. The number of primary amides is 1. The van der Waals surface area contributed by atoms with Crippen molar-refractivity contribution in [2.45, 2.75) is 32.9 Å². The van der Waals surface area contributed by atoms with Crippen LogP contribution >= 0.6 is 15.9 Å². The van der Waals surface area contributed by atoms with Crippen LogP contribution in [0.5, 0.6) is 0 Å². The molecule has 16 heavy (non-hydrogen) atoms. The van der Waals surface area contributed by atoms with Crippen molar-refractivity contribution in [2.24, 2.45) is 5.73 Å². The zero-order valence-electron chi connectivity index (χ0n) is 9.59.